The summed E-state index contributed by atoms with van der Waals surface area (Å²) in [5, 5.41) is 0. The van der Waals surface area contributed by atoms with Gasteiger partial charge in [0.2, 0.25) is 0 Å². The van der Waals surface area contributed by atoms with Crippen LogP contribution in [0.1, 0.15) is 11.1 Å². The summed E-state index contributed by atoms with van der Waals surface area (Å²) in [5.41, 5.74) is 1.13. The van der Waals surface area contributed by atoms with Crippen molar-refractivity contribution in [1.82, 2.24) is 0 Å². The van der Waals surface area contributed by atoms with Crippen LogP contribution in [0.15, 0.2) is 48.5 Å². The maximum Gasteiger partial charge on any atom is 0.320 e. The second kappa shape index (κ2) is 5.72. The third-order valence-corrected chi connectivity index (χ3v) is 4.12. The molecule has 1 aliphatic heterocycles. The Balaban J connectivity index is 1.99. The van der Waals surface area contributed by atoms with Crippen molar-refractivity contribution < 1.29 is 19.0 Å². The quantitative estimate of drug-likeness (QED) is 0.814. The highest BCUT2D eigenvalue weighted by Gasteiger charge is 2.48. The van der Waals surface area contributed by atoms with Crippen LogP contribution in [0, 0.1) is 0 Å². The van der Waals surface area contributed by atoms with Crippen molar-refractivity contribution in [3.05, 3.63) is 59.7 Å². The van der Waals surface area contributed by atoms with E-state index in [9.17, 15) is 4.79 Å². The van der Waals surface area contributed by atoms with Gasteiger partial charge in [0.05, 0.1) is 14.2 Å². The molecule has 1 heterocycles. The van der Waals surface area contributed by atoms with Crippen molar-refractivity contribution in [3.8, 4) is 11.5 Å². The highest BCUT2D eigenvalue weighted by Crippen LogP contribution is 2.42. The van der Waals surface area contributed by atoms with Crippen LogP contribution in [-0.4, -0.2) is 26.8 Å². The van der Waals surface area contributed by atoms with Crippen LogP contribution in [0.3, 0.4) is 0 Å². The monoisotopic (exact) mass is 298 g/mol. The van der Waals surface area contributed by atoms with Crippen molar-refractivity contribution in [2.24, 2.45) is 0 Å². The average molecular weight is 298 g/mol. The minimum absolute atomic E-state index is 0.270. The molecule has 22 heavy (non-hydrogen) atoms. The van der Waals surface area contributed by atoms with E-state index in [2.05, 4.69) is 0 Å². The third-order valence-electron chi connectivity index (χ3n) is 4.12. The molecule has 0 fully saturated rings. The maximum atomic E-state index is 12.5. The molecule has 4 nitrogen and oxygen atoms in total. The Kier molecular flexibility index (Phi) is 3.75. The van der Waals surface area contributed by atoms with E-state index in [1.807, 2.05) is 48.5 Å². The molecule has 1 unspecified atom stereocenters. The number of carbonyl (C=O) groups excluding carboxylic acids is 1. The van der Waals surface area contributed by atoms with E-state index in [4.69, 9.17) is 14.2 Å². The molecular formula is C18H18O4. The number of fused-ring (bicyclic) bond motifs is 1. The molecule has 0 amide bonds. The van der Waals surface area contributed by atoms with Crippen LogP contribution in [0.4, 0.5) is 0 Å². The summed E-state index contributed by atoms with van der Waals surface area (Å²) in [6.45, 7) is 0.297. The van der Waals surface area contributed by atoms with E-state index in [-0.39, 0.29) is 5.97 Å². The summed E-state index contributed by atoms with van der Waals surface area (Å²) in [6, 6.07) is 15.3. The highest BCUT2D eigenvalue weighted by molar-refractivity contribution is 5.86. The van der Waals surface area contributed by atoms with E-state index >= 15 is 0 Å². The molecule has 1 atom stereocenters. The summed E-state index contributed by atoms with van der Waals surface area (Å²) in [4.78, 5) is 12.5. The van der Waals surface area contributed by atoms with E-state index < -0.39 is 5.41 Å². The molecule has 1 aliphatic rings. The fourth-order valence-corrected chi connectivity index (χ4v) is 2.94. The molecule has 0 aliphatic carbocycles. The zero-order chi connectivity index (χ0) is 15.6. The van der Waals surface area contributed by atoms with Gasteiger partial charge in [0.1, 0.15) is 23.5 Å². The van der Waals surface area contributed by atoms with Crippen LogP contribution in [0.2, 0.25) is 0 Å². The van der Waals surface area contributed by atoms with Crippen molar-refractivity contribution >= 4 is 5.97 Å². The number of benzene rings is 2. The Morgan fingerprint density at radius 1 is 1.14 bits per heavy atom. The van der Waals surface area contributed by atoms with E-state index in [0.29, 0.717) is 13.0 Å². The number of hydrogen-bond donors (Lipinski definition) is 0. The van der Waals surface area contributed by atoms with Crippen LogP contribution in [0.25, 0.3) is 0 Å². The van der Waals surface area contributed by atoms with Gasteiger partial charge in [0.25, 0.3) is 0 Å². The first-order chi connectivity index (χ1) is 10.7. The molecule has 0 radical (unpaired) electrons. The molecule has 0 saturated carbocycles. The number of carbonyl (C=O) groups is 1. The third kappa shape index (κ3) is 2.30. The summed E-state index contributed by atoms with van der Waals surface area (Å²) >= 11 is 0. The van der Waals surface area contributed by atoms with Crippen molar-refractivity contribution in [2.45, 2.75) is 11.8 Å². The molecule has 0 saturated heterocycles. The molecule has 0 N–H and O–H groups in total. The van der Waals surface area contributed by atoms with Gasteiger partial charge < -0.3 is 14.2 Å². The zero-order valence-electron chi connectivity index (χ0n) is 12.7. The number of ether oxygens (including phenoxy) is 3. The van der Waals surface area contributed by atoms with Gasteiger partial charge in [0, 0.05) is 5.56 Å². The summed E-state index contributed by atoms with van der Waals surface area (Å²) in [5.74, 6) is 1.27. The fourth-order valence-electron chi connectivity index (χ4n) is 2.94. The maximum absolute atomic E-state index is 12.5. The zero-order valence-corrected chi connectivity index (χ0v) is 12.7. The Labute approximate surface area is 129 Å². The first kappa shape index (κ1) is 14.4. The Hall–Kier alpha value is -2.49. The molecule has 114 valence electrons. The second-order valence-electron chi connectivity index (χ2n) is 5.38. The molecule has 4 heteroatoms. The average Bonchev–Trinajstić information content (AvgIpc) is 2.95. The Bertz CT molecular complexity index is 678. The lowest BCUT2D eigenvalue weighted by Gasteiger charge is -2.25. The lowest BCUT2D eigenvalue weighted by atomic mass is 9.77. The van der Waals surface area contributed by atoms with E-state index in [1.165, 1.54) is 7.11 Å². The lowest BCUT2D eigenvalue weighted by molar-refractivity contribution is -0.148. The first-order valence-corrected chi connectivity index (χ1v) is 7.13. The predicted octanol–water partition coefficient (Wildman–Crippen LogP) is 2.74. The summed E-state index contributed by atoms with van der Waals surface area (Å²) < 4.78 is 16.0. The van der Waals surface area contributed by atoms with Crippen molar-refractivity contribution in [1.29, 1.82) is 0 Å². The van der Waals surface area contributed by atoms with Crippen LogP contribution >= 0.6 is 0 Å². The first-order valence-electron chi connectivity index (χ1n) is 7.13. The molecule has 2 aromatic rings. The van der Waals surface area contributed by atoms with Gasteiger partial charge in [-0.3, -0.25) is 4.79 Å². The molecular weight excluding hydrogens is 280 g/mol. The number of esters is 1. The highest BCUT2D eigenvalue weighted by atomic mass is 16.5. The van der Waals surface area contributed by atoms with Gasteiger partial charge in [0.15, 0.2) is 0 Å². The summed E-state index contributed by atoms with van der Waals surface area (Å²) in [7, 11) is 3.05. The van der Waals surface area contributed by atoms with Gasteiger partial charge in [-0.1, -0.05) is 30.3 Å². The lowest BCUT2D eigenvalue weighted by Crippen LogP contribution is -2.40. The fraction of sp³-hybridized carbons (Fsp3) is 0.278. The Morgan fingerprint density at radius 3 is 2.55 bits per heavy atom. The second-order valence-corrected chi connectivity index (χ2v) is 5.38. The van der Waals surface area contributed by atoms with Crippen molar-refractivity contribution in [3.63, 3.8) is 0 Å². The molecule has 0 aromatic heterocycles. The van der Waals surface area contributed by atoms with Crippen LogP contribution in [-0.2, 0) is 21.4 Å². The van der Waals surface area contributed by atoms with Gasteiger partial charge in [-0.05, 0) is 30.2 Å². The van der Waals surface area contributed by atoms with E-state index in [1.54, 1.807) is 7.11 Å². The van der Waals surface area contributed by atoms with Crippen molar-refractivity contribution in [2.75, 3.05) is 20.8 Å². The van der Waals surface area contributed by atoms with Gasteiger partial charge >= 0.3 is 5.97 Å². The van der Waals surface area contributed by atoms with E-state index in [0.717, 1.165) is 22.6 Å². The van der Waals surface area contributed by atoms with Gasteiger partial charge in [-0.25, -0.2) is 0 Å². The molecule has 0 bridgehead atoms. The number of para-hydroxylation sites is 1. The topological polar surface area (TPSA) is 44.8 Å². The molecule has 3 rings (SSSR count). The number of hydrogen-bond acceptors (Lipinski definition) is 4. The molecule has 2 aromatic carbocycles. The molecule has 0 spiro atoms. The van der Waals surface area contributed by atoms with Gasteiger partial charge in [-0.15, -0.1) is 0 Å². The number of rotatable bonds is 4. The standard InChI is InChI=1S/C18H18O4/c1-20-14-9-7-13(8-10-14)11-18(17(19)21-2)12-22-16-6-4-3-5-15(16)18/h3-10H,11-12H2,1-2H3. The SMILES string of the molecule is COC(=O)C1(Cc2ccc(OC)cc2)COc2ccccc21. The summed E-state index contributed by atoms with van der Waals surface area (Å²) in [6.07, 6.45) is 0.528. The van der Waals surface area contributed by atoms with Crippen LogP contribution in [0.5, 0.6) is 11.5 Å². The minimum Gasteiger partial charge on any atom is -0.497 e. The number of methoxy groups -OCH3 is 2. The smallest absolute Gasteiger partial charge is 0.320 e. The minimum atomic E-state index is -0.792. The van der Waals surface area contributed by atoms with Crippen LogP contribution < -0.4 is 9.47 Å². The normalized spacial score (nSPS) is 19.2. The largest absolute Gasteiger partial charge is 0.497 e. The predicted molar refractivity (Wildman–Crippen MR) is 82.3 cm³/mol. The Morgan fingerprint density at radius 2 is 1.86 bits per heavy atom. The van der Waals surface area contributed by atoms with Gasteiger partial charge in [-0.2, -0.15) is 0 Å².